The summed E-state index contributed by atoms with van der Waals surface area (Å²) in [7, 11) is 1.57. The van der Waals surface area contributed by atoms with Gasteiger partial charge < -0.3 is 9.47 Å². The number of carbonyl (C=O) groups excluding carboxylic acids is 1. The fourth-order valence-corrected chi connectivity index (χ4v) is 2.63. The van der Waals surface area contributed by atoms with E-state index >= 15 is 0 Å². The van der Waals surface area contributed by atoms with Crippen LogP contribution >= 0.6 is 0 Å². The number of benzene rings is 3. The van der Waals surface area contributed by atoms with Gasteiger partial charge in [0.25, 0.3) is 0 Å². The lowest BCUT2D eigenvalue weighted by Gasteiger charge is -2.11. The molecular weight excluding hydrogens is 371 g/mol. The number of nitrogens with zero attached hydrogens (tertiary/aromatic N) is 1. The molecule has 6 heteroatoms. The first-order chi connectivity index (χ1) is 14.1. The van der Waals surface area contributed by atoms with Crippen LogP contribution in [0.5, 0.6) is 11.5 Å². The highest BCUT2D eigenvalue weighted by Gasteiger charge is 2.06. The van der Waals surface area contributed by atoms with Gasteiger partial charge in [0.05, 0.1) is 19.7 Å². The summed E-state index contributed by atoms with van der Waals surface area (Å²) in [5.41, 5.74) is 4.97. The molecule has 0 unspecified atom stereocenters. The summed E-state index contributed by atoms with van der Waals surface area (Å²) in [6, 6.07) is 21.0. The lowest BCUT2D eigenvalue weighted by Crippen LogP contribution is -2.19. The molecular formula is C23H21FN2O3. The van der Waals surface area contributed by atoms with Crippen molar-refractivity contribution in [2.45, 2.75) is 13.0 Å². The van der Waals surface area contributed by atoms with E-state index in [9.17, 15) is 9.18 Å². The molecule has 148 valence electrons. The zero-order valence-corrected chi connectivity index (χ0v) is 16.0. The van der Waals surface area contributed by atoms with Gasteiger partial charge in [0.15, 0.2) is 11.5 Å². The standard InChI is InChI=1S/C23H21FN2O3/c1-28-22-13-19(9-12-21(22)29-16-18-5-3-2-4-6-18)15-25-26-23(27)14-17-7-10-20(24)11-8-17/h2-13,15H,14,16H2,1H3,(H,26,27)/b25-15+. The molecule has 29 heavy (non-hydrogen) atoms. The third-order valence-corrected chi connectivity index (χ3v) is 4.11. The third kappa shape index (κ3) is 6.17. The van der Waals surface area contributed by atoms with Crippen molar-refractivity contribution >= 4 is 12.1 Å². The number of carbonyl (C=O) groups is 1. The minimum Gasteiger partial charge on any atom is -0.493 e. The molecule has 0 aromatic heterocycles. The lowest BCUT2D eigenvalue weighted by atomic mass is 10.1. The van der Waals surface area contributed by atoms with Crippen LogP contribution in [0.1, 0.15) is 16.7 Å². The van der Waals surface area contributed by atoms with Crippen LogP contribution < -0.4 is 14.9 Å². The van der Waals surface area contributed by atoms with Gasteiger partial charge in [-0.2, -0.15) is 5.10 Å². The Bertz CT molecular complexity index is 973. The van der Waals surface area contributed by atoms with Gasteiger partial charge in [0.2, 0.25) is 5.91 Å². The van der Waals surface area contributed by atoms with Crippen LogP contribution in [0, 0.1) is 5.82 Å². The third-order valence-electron chi connectivity index (χ3n) is 4.11. The van der Waals surface area contributed by atoms with Crippen LogP contribution in [0.15, 0.2) is 77.9 Å². The molecule has 3 aromatic carbocycles. The number of rotatable bonds is 8. The number of hydrogen-bond acceptors (Lipinski definition) is 4. The largest absolute Gasteiger partial charge is 0.493 e. The molecule has 0 saturated heterocycles. The summed E-state index contributed by atoms with van der Waals surface area (Å²) < 4.78 is 24.1. The molecule has 3 rings (SSSR count). The molecule has 1 amide bonds. The number of nitrogens with one attached hydrogen (secondary N) is 1. The number of methoxy groups -OCH3 is 1. The Kier molecular flexibility index (Phi) is 6.95. The maximum absolute atomic E-state index is 12.9. The highest BCUT2D eigenvalue weighted by atomic mass is 19.1. The van der Waals surface area contributed by atoms with Crippen LogP contribution in [0.25, 0.3) is 0 Å². The van der Waals surface area contributed by atoms with Crippen molar-refractivity contribution in [1.82, 2.24) is 5.43 Å². The molecule has 0 saturated carbocycles. The molecule has 0 fully saturated rings. The molecule has 5 nitrogen and oxygen atoms in total. The fourth-order valence-electron chi connectivity index (χ4n) is 2.63. The predicted octanol–water partition coefficient (Wildman–Crippen LogP) is 4.11. The first-order valence-corrected chi connectivity index (χ1v) is 9.05. The topological polar surface area (TPSA) is 59.9 Å². The summed E-state index contributed by atoms with van der Waals surface area (Å²) in [6.45, 7) is 0.435. The number of hydrogen-bond donors (Lipinski definition) is 1. The van der Waals surface area contributed by atoms with Gasteiger partial charge in [-0.3, -0.25) is 4.79 Å². The zero-order chi connectivity index (χ0) is 20.5. The average molecular weight is 392 g/mol. The van der Waals surface area contributed by atoms with E-state index in [1.54, 1.807) is 31.4 Å². The van der Waals surface area contributed by atoms with Crippen molar-refractivity contribution in [1.29, 1.82) is 0 Å². The van der Waals surface area contributed by atoms with Crippen LogP contribution in [-0.2, 0) is 17.8 Å². The van der Waals surface area contributed by atoms with Crippen molar-refractivity contribution < 1.29 is 18.7 Å². The van der Waals surface area contributed by atoms with Crippen molar-refractivity contribution in [3.8, 4) is 11.5 Å². The summed E-state index contributed by atoms with van der Waals surface area (Å²) in [5, 5.41) is 3.96. The first kappa shape index (κ1) is 20.1. The number of amides is 1. The molecule has 1 N–H and O–H groups in total. The Hall–Kier alpha value is -3.67. The van der Waals surface area contributed by atoms with Gasteiger partial charge in [-0.25, -0.2) is 9.82 Å². The summed E-state index contributed by atoms with van der Waals surface area (Å²) in [4.78, 5) is 11.9. The maximum atomic E-state index is 12.9. The Labute approximate surface area is 168 Å². The Balaban J connectivity index is 1.56. The van der Waals surface area contributed by atoms with Gasteiger partial charge in [0.1, 0.15) is 12.4 Å². The van der Waals surface area contributed by atoms with E-state index < -0.39 is 0 Å². The molecule has 0 heterocycles. The molecule has 0 spiro atoms. The number of ether oxygens (including phenoxy) is 2. The Morgan fingerprint density at radius 2 is 1.76 bits per heavy atom. The summed E-state index contributed by atoms with van der Waals surface area (Å²) >= 11 is 0. The van der Waals surface area contributed by atoms with Crippen LogP contribution in [0.3, 0.4) is 0 Å². The van der Waals surface area contributed by atoms with Crippen LogP contribution in [0.2, 0.25) is 0 Å². The number of hydrazone groups is 1. The van der Waals surface area contributed by atoms with Gasteiger partial charge in [-0.15, -0.1) is 0 Å². The minimum absolute atomic E-state index is 0.118. The Morgan fingerprint density at radius 1 is 1.00 bits per heavy atom. The van der Waals surface area contributed by atoms with E-state index in [2.05, 4.69) is 10.5 Å². The van der Waals surface area contributed by atoms with E-state index in [0.717, 1.165) is 11.1 Å². The minimum atomic E-state index is -0.336. The van der Waals surface area contributed by atoms with Crippen molar-refractivity contribution in [2.75, 3.05) is 7.11 Å². The Morgan fingerprint density at radius 3 is 2.48 bits per heavy atom. The molecule has 0 aliphatic heterocycles. The molecule has 0 aliphatic rings. The second kappa shape index (κ2) is 10.0. The van der Waals surface area contributed by atoms with Gasteiger partial charge in [-0.05, 0) is 47.0 Å². The van der Waals surface area contributed by atoms with Gasteiger partial charge >= 0.3 is 0 Å². The lowest BCUT2D eigenvalue weighted by molar-refractivity contribution is -0.120. The highest BCUT2D eigenvalue weighted by Crippen LogP contribution is 2.28. The van der Waals surface area contributed by atoms with E-state index in [-0.39, 0.29) is 18.1 Å². The number of halogens is 1. The van der Waals surface area contributed by atoms with Crippen LogP contribution in [0.4, 0.5) is 4.39 Å². The van der Waals surface area contributed by atoms with E-state index in [1.165, 1.54) is 18.3 Å². The van der Waals surface area contributed by atoms with E-state index in [4.69, 9.17) is 9.47 Å². The monoisotopic (exact) mass is 392 g/mol. The van der Waals surface area contributed by atoms with E-state index in [1.807, 2.05) is 36.4 Å². The molecule has 0 atom stereocenters. The zero-order valence-electron chi connectivity index (χ0n) is 16.0. The van der Waals surface area contributed by atoms with Crippen molar-refractivity contribution in [2.24, 2.45) is 5.10 Å². The SMILES string of the molecule is COc1cc(/C=N/NC(=O)Cc2ccc(F)cc2)ccc1OCc1ccccc1. The second-order valence-electron chi connectivity index (χ2n) is 6.28. The predicted molar refractivity (Wildman–Crippen MR) is 110 cm³/mol. The average Bonchev–Trinajstić information content (AvgIpc) is 2.75. The van der Waals surface area contributed by atoms with Crippen molar-refractivity contribution in [3.05, 3.63) is 95.3 Å². The first-order valence-electron chi connectivity index (χ1n) is 9.05. The molecule has 0 radical (unpaired) electrons. The van der Waals surface area contributed by atoms with Gasteiger partial charge in [-0.1, -0.05) is 42.5 Å². The van der Waals surface area contributed by atoms with Gasteiger partial charge in [0, 0.05) is 0 Å². The fraction of sp³-hybridized carbons (Fsp3) is 0.130. The molecule has 3 aromatic rings. The van der Waals surface area contributed by atoms with Crippen LogP contribution in [-0.4, -0.2) is 19.2 Å². The summed E-state index contributed by atoms with van der Waals surface area (Å²) in [6.07, 6.45) is 1.64. The second-order valence-corrected chi connectivity index (χ2v) is 6.28. The highest BCUT2D eigenvalue weighted by molar-refractivity contribution is 5.84. The molecule has 0 bridgehead atoms. The normalized spacial score (nSPS) is 10.7. The quantitative estimate of drug-likeness (QED) is 0.464. The smallest absolute Gasteiger partial charge is 0.244 e. The van der Waals surface area contributed by atoms with Crippen molar-refractivity contribution in [3.63, 3.8) is 0 Å². The van der Waals surface area contributed by atoms with E-state index in [0.29, 0.717) is 23.7 Å². The summed E-state index contributed by atoms with van der Waals surface area (Å²) in [5.74, 6) is 0.566. The maximum Gasteiger partial charge on any atom is 0.244 e. The molecule has 0 aliphatic carbocycles.